The maximum atomic E-state index is 5.48. The van der Waals surface area contributed by atoms with Crippen LogP contribution in [0.25, 0.3) is 0 Å². The van der Waals surface area contributed by atoms with Gasteiger partial charge < -0.3 is 5.32 Å². The summed E-state index contributed by atoms with van der Waals surface area (Å²) in [6.45, 7) is 0. The van der Waals surface area contributed by atoms with E-state index in [1.165, 1.54) is 6.42 Å². The van der Waals surface area contributed by atoms with Gasteiger partial charge in [0.15, 0.2) is 4.08 Å². The maximum absolute atomic E-state index is 5.48. The lowest BCUT2D eigenvalue weighted by Crippen LogP contribution is -2.39. The van der Waals surface area contributed by atoms with Gasteiger partial charge in [-0.1, -0.05) is 18.3 Å². The number of hydrogen-bond acceptors (Lipinski definition) is 4. The summed E-state index contributed by atoms with van der Waals surface area (Å²) in [7, 11) is 1.89. The molecule has 1 aliphatic rings. The highest BCUT2D eigenvalue weighted by atomic mass is 32.2. The van der Waals surface area contributed by atoms with Crippen LogP contribution in [0.15, 0.2) is 24.4 Å². The number of nitrogens with one attached hydrogen (secondary N) is 1. The van der Waals surface area contributed by atoms with Gasteiger partial charge in [-0.3, -0.25) is 4.98 Å². The molecule has 1 aliphatic heterocycles. The van der Waals surface area contributed by atoms with Crippen LogP contribution < -0.4 is 5.32 Å². The first-order chi connectivity index (χ1) is 7.79. The van der Waals surface area contributed by atoms with Crippen molar-refractivity contribution < 1.29 is 0 Å². The molecule has 0 radical (unpaired) electrons. The lowest BCUT2D eigenvalue weighted by Gasteiger charge is -2.35. The minimum Gasteiger partial charge on any atom is -0.381 e. The van der Waals surface area contributed by atoms with E-state index in [-0.39, 0.29) is 4.08 Å². The highest BCUT2D eigenvalue weighted by molar-refractivity contribution is 8.20. The first kappa shape index (κ1) is 12.2. The smallest absolute Gasteiger partial charge is 0.153 e. The molecule has 1 saturated heterocycles. The summed E-state index contributed by atoms with van der Waals surface area (Å²) in [5.41, 5.74) is 1.06. The van der Waals surface area contributed by atoms with Crippen LogP contribution >= 0.6 is 35.7 Å². The highest BCUT2D eigenvalue weighted by Gasteiger charge is 2.40. The van der Waals surface area contributed by atoms with Crippen molar-refractivity contribution in [3.63, 3.8) is 0 Å². The Morgan fingerprint density at radius 1 is 1.44 bits per heavy atom. The molecule has 1 aromatic heterocycles. The van der Waals surface area contributed by atoms with Crippen molar-refractivity contribution in [1.82, 2.24) is 10.3 Å². The first-order valence-corrected chi connectivity index (χ1v) is 7.59. The van der Waals surface area contributed by atoms with Gasteiger partial charge in [0.1, 0.15) is 4.99 Å². The fraction of sp³-hybridized carbons (Fsp3) is 0.455. The quantitative estimate of drug-likeness (QED) is 0.833. The third kappa shape index (κ3) is 2.21. The van der Waals surface area contributed by atoms with Crippen molar-refractivity contribution in [2.45, 2.75) is 10.5 Å². The van der Waals surface area contributed by atoms with Crippen LogP contribution in [0.3, 0.4) is 0 Å². The van der Waals surface area contributed by atoms with E-state index in [1.54, 1.807) is 0 Å². The van der Waals surface area contributed by atoms with Gasteiger partial charge in [0.25, 0.3) is 0 Å². The third-order valence-electron chi connectivity index (χ3n) is 2.43. The van der Waals surface area contributed by atoms with E-state index in [1.807, 2.05) is 48.9 Å². The monoisotopic (exact) mass is 270 g/mol. The van der Waals surface area contributed by atoms with Crippen molar-refractivity contribution >= 4 is 40.7 Å². The van der Waals surface area contributed by atoms with Crippen LogP contribution in [-0.4, -0.2) is 28.5 Å². The summed E-state index contributed by atoms with van der Waals surface area (Å²) in [4.78, 5) is 5.35. The second-order valence-electron chi connectivity index (χ2n) is 3.46. The Balaban J connectivity index is 2.38. The van der Waals surface area contributed by atoms with E-state index in [0.717, 1.165) is 22.2 Å². The van der Waals surface area contributed by atoms with E-state index >= 15 is 0 Å². The van der Waals surface area contributed by atoms with Gasteiger partial charge in [-0.25, -0.2) is 0 Å². The van der Waals surface area contributed by atoms with Gasteiger partial charge in [-0.15, -0.1) is 23.5 Å². The minimum absolute atomic E-state index is 0.177. The van der Waals surface area contributed by atoms with E-state index in [0.29, 0.717) is 0 Å². The molecule has 0 atom stereocenters. The Kier molecular flexibility index (Phi) is 4.10. The Bertz CT molecular complexity index is 361. The van der Waals surface area contributed by atoms with Crippen LogP contribution in [-0.2, 0) is 4.08 Å². The van der Waals surface area contributed by atoms with E-state index in [4.69, 9.17) is 12.2 Å². The predicted molar refractivity (Wildman–Crippen MR) is 77.1 cm³/mol. The van der Waals surface area contributed by atoms with Crippen molar-refractivity contribution in [2.24, 2.45) is 0 Å². The molecule has 0 aliphatic carbocycles. The van der Waals surface area contributed by atoms with Crippen molar-refractivity contribution in [1.29, 1.82) is 0 Å². The number of rotatable bonds is 2. The molecule has 1 N–H and O–H groups in total. The lowest BCUT2D eigenvalue weighted by molar-refractivity contribution is 0.986. The van der Waals surface area contributed by atoms with Crippen LogP contribution in [0.4, 0.5) is 0 Å². The van der Waals surface area contributed by atoms with Gasteiger partial charge in [-0.05, 0) is 30.1 Å². The normalized spacial score (nSPS) is 19.1. The average Bonchev–Trinajstić information content (AvgIpc) is 2.39. The van der Waals surface area contributed by atoms with Crippen LogP contribution in [0, 0.1) is 0 Å². The zero-order chi connectivity index (χ0) is 11.4. The molecule has 0 saturated carbocycles. The van der Waals surface area contributed by atoms with Gasteiger partial charge in [0, 0.05) is 13.2 Å². The molecule has 0 amide bonds. The van der Waals surface area contributed by atoms with Gasteiger partial charge in [-0.2, -0.15) is 0 Å². The van der Waals surface area contributed by atoms with E-state index in [2.05, 4.69) is 16.4 Å². The molecular formula is C11H14N2S3. The molecule has 1 fully saturated rings. The molecular weight excluding hydrogens is 256 g/mol. The molecule has 0 unspecified atom stereocenters. The standard InChI is InChI=1S/C11H14N2S3/c1-12-10(14)11(15-7-4-8-16-11)9-5-2-3-6-13-9/h2-3,5-6H,4,7-8H2,1H3,(H,12,14). The summed E-state index contributed by atoms with van der Waals surface area (Å²) >= 11 is 9.26. The number of pyridine rings is 1. The number of hydrogen-bond donors (Lipinski definition) is 1. The zero-order valence-electron chi connectivity index (χ0n) is 9.10. The Morgan fingerprint density at radius 2 is 2.19 bits per heavy atom. The number of likely N-dealkylation sites (N-methyl/N-ethyl adjacent to an activating group) is 1. The summed E-state index contributed by atoms with van der Waals surface area (Å²) in [5.74, 6) is 2.29. The van der Waals surface area contributed by atoms with E-state index < -0.39 is 0 Å². The average molecular weight is 270 g/mol. The second-order valence-corrected chi connectivity index (χ2v) is 6.75. The van der Waals surface area contributed by atoms with Crippen LogP contribution in [0.2, 0.25) is 0 Å². The number of aromatic nitrogens is 1. The Labute approximate surface area is 110 Å². The molecule has 2 heterocycles. The van der Waals surface area contributed by atoms with Crippen molar-refractivity contribution in [3.8, 4) is 0 Å². The fourth-order valence-electron chi connectivity index (χ4n) is 1.65. The van der Waals surface area contributed by atoms with Crippen LogP contribution in [0.1, 0.15) is 12.1 Å². The molecule has 0 aromatic carbocycles. The Morgan fingerprint density at radius 3 is 2.75 bits per heavy atom. The summed E-state index contributed by atoms with van der Waals surface area (Å²) in [5, 5.41) is 3.12. The maximum Gasteiger partial charge on any atom is 0.153 e. The number of nitrogens with zero attached hydrogens (tertiary/aromatic N) is 1. The second kappa shape index (κ2) is 5.38. The molecule has 2 nitrogen and oxygen atoms in total. The van der Waals surface area contributed by atoms with Crippen LogP contribution in [0.5, 0.6) is 0 Å². The first-order valence-electron chi connectivity index (χ1n) is 5.21. The molecule has 0 spiro atoms. The highest BCUT2D eigenvalue weighted by Crippen LogP contribution is 2.50. The third-order valence-corrected chi connectivity index (χ3v) is 6.53. The van der Waals surface area contributed by atoms with Crippen molar-refractivity contribution in [3.05, 3.63) is 30.1 Å². The predicted octanol–water partition coefficient (Wildman–Crippen LogP) is 2.65. The Hall–Kier alpha value is -0.260. The SMILES string of the molecule is CNC(=S)C1(c2ccccn2)SCCCS1. The molecule has 86 valence electrons. The van der Waals surface area contributed by atoms with Crippen molar-refractivity contribution in [2.75, 3.05) is 18.6 Å². The van der Waals surface area contributed by atoms with Gasteiger partial charge >= 0.3 is 0 Å². The fourth-order valence-corrected chi connectivity index (χ4v) is 5.28. The topological polar surface area (TPSA) is 24.9 Å². The summed E-state index contributed by atoms with van der Waals surface area (Å²) in [6, 6.07) is 6.03. The molecule has 1 aromatic rings. The number of thioether (sulfide) groups is 2. The van der Waals surface area contributed by atoms with Gasteiger partial charge in [0.2, 0.25) is 0 Å². The number of thiocarbonyl (C=S) groups is 1. The summed E-state index contributed by atoms with van der Waals surface area (Å²) in [6.07, 6.45) is 3.08. The minimum atomic E-state index is -0.177. The lowest BCUT2D eigenvalue weighted by atomic mass is 10.2. The summed E-state index contributed by atoms with van der Waals surface area (Å²) < 4.78 is -0.177. The molecule has 5 heteroatoms. The molecule has 0 bridgehead atoms. The van der Waals surface area contributed by atoms with E-state index in [9.17, 15) is 0 Å². The zero-order valence-corrected chi connectivity index (χ0v) is 11.6. The molecule has 16 heavy (non-hydrogen) atoms. The largest absolute Gasteiger partial charge is 0.381 e. The molecule has 2 rings (SSSR count). The van der Waals surface area contributed by atoms with Gasteiger partial charge in [0.05, 0.1) is 5.69 Å².